The first-order valence-corrected chi connectivity index (χ1v) is 9.42. The number of carbonyl (C=O) groups excluding carboxylic acids is 2. The van der Waals surface area contributed by atoms with Crippen LogP contribution >= 0.6 is 0 Å². The molecule has 10 heteroatoms. The van der Waals surface area contributed by atoms with Crippen LogP contribution in [0, 0.1) is 0 Å². The minimum Gasteiger partial charge on any atom is -0.305 e. The fourth-order valence-electron chi connectivity index (χ4n) is 4.14. The summed E-state index contributed by atoms with van der Waals surface area (Å²) in [5.74, 6) is -1.61. The molecule has 30 heavy (non-hydrogen) atoms. The van der Waals surface area contributed by atoms with E-state index in [9.17, 15) is 22.8 Å². The van der Waals surface area contributed by atoms with Gasteiger partial charge >= 0.3 is 6.18 Å². The highest BCUT2D eigenvalue weighted by Crippen LogP contribution is 2.32. The van der Waals surface area contributed by atoms with E-state index < -0.39 is 18.0 Å². The molecular formula is C20H16F3N5O2. The predicted molar refractivity (Wildman–Crippen MR) is 100 cm³/mol. The number of fused-ring (bicyclic) bond motifs is 2. The van der Waals surface area contributed by atoms with Crippen molar-refractivity contribution in [3.8, 4) is 0 Å². The highest BCUT2D eigenvalue weighted by atomic mass is 19.4. The van der Waals surface area contributed by atoms with Gasteiger partial charge in [-0.2, -0.15) is 13.2 Å². The van der Waals surface area contributed by atoms with E-state index in [-0.39, 0.29) is 43.7 Å². The molecule has 1 saturated heterocycles. The van der Waals surface area contributed by atoms with Gasteiger partial charge < -0.3 is 4.57 Å². The van der Waals surface area contributed by atoms with Crippen molar-refractivity contribution in [3.63, 3.8) is 0 Å². The molecule has 3 aromatic rings. The first-order valence-electron chi connectivity index (χ1n) is 9.42. The number of rotatable bonds is 2. The van der Waals surface area contributed by atoms with E-state index in [4.69, 9.17) is 0 Å². The first kappa shape index (κ1) is 18.7. The van der Waals surface area contributed by atoms with Crippen molar-refractivity contribution in [2.24, 2.45) is 0 Å². The van der Waals surface area contributed by atoms with Crippen LogP contribution in [0.4, 0.5) is 18.9 Å². The maximum Gasteiger partial charge on any atom is 0.451 e. The summed E-state index contributed by atoms with van der Waals surface area (Å²) in [5.41, 5.74) is 0.491. The van der Waals surface area contributed by atoms with Gasteiger partial charge in [0.2, 0.25) is 11.7 Å². The molecule has 2 amide bonds. The zero-order chi connectivity index (χ0) is 21.0. The average molecular weight is 415 g/mol. The molecule has 0 aliphatic carbocycles. The van der Waals surface area contributed by atoms with Crippen molar-refractivity contribution < 1.29 is 22.8 Å². The Morgan fingerprint density at radius 1 is 0.967 bits per heavy atom. The number of hydrogen-bond acceptors (Lipinski definition) is 5. The largest absolute Gasteiger partial charge is 0.451 e. The molecule has 3 heterocycles. The molecule has 0 radical (unpaired) electrons. The van der Waals surface area contributed by atoms with Gasteiger partial charge in [-0.25, -0.2) is 4.90 Å². The summed E-state index contributed by atoms with van der Waals surface area (Å²) >= 11 is 0. The van der Waals surface area contributed by atoms with E-state index in [1.807, 2.05) is 30.3 Å². The molecule has 2 aromatic carbocycles. The maximum absolute atomic E-state index is 13.1. The van der Waals surface area contributed by atoms with E-state index in [1.54, 1.807) is 17.0 Å². The molecule has 5 rings (SSSR count). The maximum atomic E-state index is 13.1. The van der Waals surface area contributed by atoms with Crippen LogP contribution in [0.1, 0.15) is 18.1 Å². The van der Waals surface area contributed by atoms with E-state index >= 15 is 0 Å². The molecule has 154 valence electrons. The second kappa shape index (κ2) is 6.63. The van der Waals surface area contributed by atoms with Crippen molar-refractivity contribution in [2.45, 2.75) is 31.7 Å². The Balaban J connectivity index is 1.40. The molecule has 1 unspecified atom stereocenters. The molecule has 2 aliphatic heterocycles. The summed E-state index contributed by atoms with van der Waals surface area (Å²) < 4.78 is 40.1. The summed E-state index contributed by atoms with van der Waals surface area (Å²) in [5, 5.41) is 8.80. The molecule has 1 aromatic heterocycles. The molecule has 0 spiro atoms. The van der Waals surface area contributed by atoms with Crippen molar-refractivity contribution in [2.75, 3.05) is 11.4 Å². The summed E-state index contributed by atoms with van der Waals surface area (Å²) in [6.45, 7) is 0.229. The van der Waals surface area contributed by atoms with Crippen LogP contribution < -0.4 is 4.90 Å². The van der Waals surface area contributed by atoms with Gasteiger partial charge in [0.25, 0.3) is 5.91 Å². The van der Waals surface area contributed by atoms with Gasteiger partial charge in [-0.1, -0.05) is 30.3 Å². The SMILES string of the molecule is O=C1CC(N2CCn3c(nnc3C(F)(F)F)C2)C(=O)N1c1ccc2ccccc2c1. The lowest BCUT2D eigenvalue weighted by atomic mass is 10.1. The quantitative estimate of drug-likeness (QED) is 0.602. The van der Waals surface area contributed by atoms with Crippen LogP contribution in [0.5, 0.6) is 0 Å². The Morgan fingerprint density at radius 3 is 2.50 bits per heavy atom. The van der Waals surface area contributed by atoms with Gasteiger partial charge in [0.1, 0.15) is 5.82 Å². The molecule has 1 fully saturated rings. The van der Waals surface area contributed by atoms with Crippen LogP contribution in [-0.2, 0) is 28.9 Å². The summed E-state index contributed by atoms with van der Waals surface area (Å²) in [4.78, 5) is 28.6. The van der Waals surface area contributed by atoms with Gasteiger partial charge in [-0.3, -0.25) is 14.5 Å². The molecule has 2 aliphatic rings. The van der Waals surface area contributed by atoms with E-state index in [0.717, 1.165) is 20.2 Å². The number of alkyl halides is 3. The second-order valence-corrected chi connectivity index (χ2v) is 7.38. The lowest BCUT2D eigenvalue weighted by Gasteiger charge is -2.31. The van der Waals surface area contributed by atoms with E-state index in [0.29, 0.717) is 5.69 Å². The molecule has 1 atom stereocenters. The lowest BCUT2D eigenvalue weighted by Crippen LogP contribution is -2.46. The molecule has 7 nitrogen and oxygen atoms in total. The smallest absolute Gasteiger partial charge is 0.305 e. The number of hydrogen-bond donors (Lipinski definition) is 0. The number of aromatic nitrogens is 3. The second-order valence-electron chi connectivity index (χ2n) is 7.38. The number of benzene rings is 2. The standard InChI is InChI=1S/C20H16F3N5O2/c21-20(22,23)19-25-24-16-11-26(7-8-27(16)19)15-10-17(29)28(18(15)30)14-6-5-12-3-1-2-4-13(12)9-14/h1-6,9,15H,7-8,10-11H2. The number of amides is 2. The van der Waals surface area contributed by atoms with Gasteiger partial charge in [-0.15, -0.1) is 10.2 Å². The Morgan fingerprint density at radius 2 is 1.73 bits per heavy atom. The van der Waals surface area contributed by atoms with Crippen LogP contribution in [0.2, 0.25) is 0 Å². The average Bonchev–Trinajstić information content (AvgIpc) is 3.27. The number of imide groups is 1. The van der Waals surface area contributed by atoms with Crippen molar-refractivity contribution in [1.82, 2.24) is 19.7 Å². The summed E-state index contributed by atoms with van der Waals surface area (Å²) in [7, 11) is 0. The fraction of sp³-hybridized carbons (Fsp3) is 0.300. The van der Waals surface area contributed by atoms with Gasteiger partial charge in [-0.05, 0) is 22.9 Å². The number of halogens is 3. The molecular weight excluding hydrogens is 399 g/mol. The Kier molecular flexibility index (Phi) is 4.14. The Hall–Kier alpha value is -3.27. The monoisotopic (exact) mass is 415 g/mol. The number of nitrogens with zero attached hydrogens (tertiary/aromatic N) is 5. The highest BCUT2D eigenvalue weighted by Gasteiger charge is 2.45. The van der Waals surface area contributed by atoms with Crippen molar-refractivity contribution in [1.29, 1.82) is 0 Å². The molecule has 0 saturated carbocycles. The summed E-state index contributed by atoms with van der Waals surface area (Å²) in [6.07, 6.45) is -4.61. The van der Waals surface area contributed by atoms with Crippen molar-refractivity contribution >= 4 is 28.3 Å². The first-order chi connectivity index (χ1) is 14.3. The van der Waals surface area contributed by atoms with Crippen LogP contribution in [0.15, 0.2) is 42.5 Å². The third kappa shape index (κ3) is 2.95. The van der Waals surface area contributed by atoms with E-state index in [2.05, 4.69) is 10.2 Å². The minimum atomic E-state index is -4.58. The Bertz CT molecular complexity index is 1170. The van der Waals surface area contributed by atoms with Gasteiger partial charge in [0.05, 0.1) is 24.7 Å². The zero-order valence-corrected chi connectivity index (χ0v) is 15.6. The number of anilines is 1. The fourth-order valence-corrected chi connectivity index (χ4v) is 4.14. The molecule has 0 bridgehead atoms. The normalized spacial score (nSPS) is 20.2. The van der Waals surface area contributed by atoms with E-state index in [1.165, 1.54) is 0 Å². The van der Waals surface area contributed by atoms with Crippen LogP contribution in [0.3, 0.4) is 0 Å². The predicted octanol–water partition coefficient (Wildman–Crippen LogP) is 2.60. The minimum absolute atomic E-state index is 0.00508. The summed E-state index contributed by atoms with van der Waals surface area (Å²) in [6, 6.07) is 12.2. The topological polar surface area (TPSA) is 71.3 Å². The Labute approximate surface area is 168 Å². The zero-order valence-electron chi connectivity index (χ0n) is 15.6. The van der Waals surface area contributed by atoms with Crippen molar-refractivity contribution in [3.05, 3.63) is 54.1 Å². The van der Waals surface area contributed by atoms with Gasteiger partial charge in [0, 0.05) is 13.1 Å². The number of carbonyl (C=O) groups is 2. The highest BCUT2D eigenvalue weighted by molar-refractivity contribution is 6.22. The van der Waals surface area contributed by atoms with Crippen LogP contribution in [0.25, 0.3) is 10.8 Å². The lowest BCUT2D eigenvalue weighted by molar-refractivity contribution is -0.148. The van der Waals surface area contributed by atoms with Gasteiger partial charge in [0.15, 0.2) is 0 Å². The third-order valence-corrected chi connectivity index (χ3v) is 5.59. The van der Waals surface area contributed by atoms with Crippen LogP contribution in [-0.4, -0.2) is 44.1 Å². The molecule has 0 N–H and O–H groups in total. The third-order valence-electron chi connectivity index (χ3n) is 5.59.